The molecular formula is C11H15N. The monoisotopic (exact) mass is 161 g/mol. The highest BCUT2D eigenvalue weighted by atomic mass is 14.7. The summed E-state index contributed by atoms with van der Waals surface area (Å²) in [6.45, 7) is 10.1. The van der Waals surface area contributed by atoms with Crippen molar-refractivity contribution < 1.29 is 0 Å². The van der Waals surface area contributed by atoms with E-state index in [2.05, 4.69) is 24.6 Å². The van der Waals surface area contributed by atoms with E-state index >= 15 is 0 Å². The molecule has 0 bridgehead atoms. The van der Waals surface area contributed by atoms with Gasteiger partial charge in [0.05, 0.1) is 0 Å². The molecule has 1 aromatic rings. The van der Waals surface area contributed by atoms with Crippen LogP contribution in [-0.4, -0.2) is 4.98 Å². The van der Waals surface area contributed by atoms with Crippen molar-refractivity contribution in [2.75, 3.05) is 0 Å². The van der Waals surface area contributed by atoms with Crippen LogP contribution in [-0.2, 0) is 6.42 Å². The van der Waals surface area contributed by atoms with Gasteiger partial charge < -0.3 is 0 Å². The Morgan fingerprint density at radius 2 is 2.17 bits per heavy atom. The van der Waals surface area contributed by atoms with E-state index in [-0.39, 0.29) is 0 Å². The first-order valence-electron chi connectivity index (χ1n) is 4.27. The highest BCUT2D eigenvalue weighted by molar-refractivity contribution is 5.63. The van der Waals surface area contributed by atoms with Gasteiger partial charge >= 0.3 is 0 Å². The highest BCUT2D eigenvalue weighted by Crippen LogP contribution is 2.16. The summed E-state index contributed by atoms with van der Waals surface area (Å²) in [4.78, 5) is 4.45. The zero-order chi connectivity index (χ0) is 9.14. The molecule has 0 N–H and O–H groups in total. The zero-order valence-electron chi connectivity index (χ0n) is 8.02. The van der Waals surface area contributed by atoms with Crippen LogP contribution >= 0.6 is 0 Å². The molecule has 0 amide bonds. The van der Waals surface area contributed by atoms with Gasteiger partial charge in [0.1, 0.15) is 0 Å². The molecule has 12 heavy (non-hydrogen) atoms. The fraction of sp³-hybridized carbons (Fsp3) is 0.364. The summed E-state index contributed by atoms with van der Waals surface area (Å²) in [5, 5.41) is 0. The molecule has 64 valence electrons. The topological polar surface area (TPSA) is 12.9 Å². The van der Waals surface area contributed by atoms with Gasteiger partial charge in [-0.1, -0.05) is 19.6 Å². The van der Waals surface area contributed by atoms with Gasteiger partial charge in [0.25, 0.3) is 0 Å². The molecule has 0 saturated carbocycles. The van der Waals surface area contributed by atoms with Crippen molar-refractivity contribution in [1.82, 2.24) is 4.98 Å². The fourth-order valence-electron chi connectivity index (χ4n) is 1.27. The second-order valence-electron chi connectivity index (χ2n) is 3.08. The van der Waals surface area contributed by atoms with E-state index in [1.807, 2.05) is 19.9 Å². The van der Waals surface area contributed by atoms with Crippen molar-refractivity contribution in [3.8, 4) is 0 Å². The summed E-state index contributed by atoms with van der Waals surface area (Å²) >= 11 is 0. The summed E-state index contributed by atoms with van der Waals surface area (Å²) in [5.74, 6) is 0. The molecular weight excluding hydrogens is 146 g/mol. The van der Waals surface area contributed by atoms with E-state index in [9.17, 15) is 0 Å². The summed E-state index contributed by atoms with van der Waals surface area (Å²) in [6.07, 6.45) is 0.976. The van der Waals surface area contributed by atoms with E-state index in [4.69, 9.17) is 0 Å². The first kappa shape index (κ1) is 8.98. The largest absolute Gasteiger partial charge is 0.258 e. The van der Waals surface area contributed by atoms with Crippen LogP contribution in [0.4, 0.5) is 0 Å². The Balaban J connectivity index is 3.20. The Labute approximate surface area is 74.2 Å². The van der Waals surface area contributed by atoms with E-state index in [0.29, 0.717) is 0 Å². The smallest absolute Gasteiger partial charge is 0.0478 e. The van der Waals surface area contributed by atoms with Crippen LogP contribution in [0.5, 0.6) is 0 Å². The van der Waals surface area contributed by atoms with E-state index < -0.39 is 0 Å². The Morgan fingerprint density at radius 3 is 2.67 bits per heavy atom. The van der Waals surface area contributed by atoms with E-state index in [0.717, 1.165) is 23.4 Å². The van der Waals surface area contributed by atoms with Crippen LogP contribution in [0.3, 0.4) is 0 Å². The summed E-state index contributed by atoms with van der Waals surface area (Å²) in [6, 6.07) is 4.13. The third kappa shape index (κ3) is 1.73. The van der Waals surface area contributed by atoms with Gasteiger partial charge in [0.15, 0.2) is 0 Å². The molecule has 0 aromatic carbocycles. The van der Waals surface area contributed by atoms with Crippen molar-refractivity contribution in [3.63, 3.8) is 0 Å². The second-order valence-corrected chi connectivity index (χ2v) is 3.08. The van der Waals surface area contributed by atoms with Crippen LogP contribution in [0.1, 0.15) is 30.8 Å². The lowest BCUT2D eigenvalue weighted by Crippen LogP contribution is -1.95. The van der Waals surface area contributed by atoms with Crippen molar-refractivity contribution in [1.29, 1.82) is 0 Å². The average Bonchev–Trinajstić information content (AvgIpc) is 2.03. The summed E-state index contributed by atoms with van der Waals surface area (Å²) < 4.78 is 0. The Bertz CT molecular complexity index is 300. The number of allylic oxidation sites excluding steroid dienone is 1. The molecule has 0 fully saturated rings. The number of pyridine rings is 1. The Morgan fingerprint density at radius 1 is 1.50 bits per heavy atom. The third-order valence-corrected chi connectivity index (χ3v) is 1.91. The molecule has 0 radical (unpaired) electrons. The lowest BCUT2D eigenvalue weighted by atomic mass is 10.1. The van der Waals surface area contributed by atoms with Gasteiger partial charge in [-0.15, -0.1) is 0 Å². The van der Waals surface area contributed by atoms with Crippen molar-refractivity contribution in [2.24, 2.45) is 0 Å². The first-order chi connectivity index (χ1) is 5.65. The number of hydrogen-bond acceptors (Lipinski definition) is 1. The summed E-state index contributed by atoms with van der Waals surface area (Å²) in [7, 11) is 0. The number of rotatable bonds is 2. The second kappa shape index (κ2) is 3.53. The molecule has 0 spiro atoms. The van der Waals surface area contributed by atoms with E-state index in [1.165, 1.54) is 5.56 Å². The number of aromatic nitrogens is 1. The third-order valence-electron chi connectivity index (χ3n) is 1.91. The molecule has 0 saturated heterocycles. The minimum Gasteiger partial charge on any atom is -0.258 e. The molecule has 1 aromatic heterocycles. The summed E-state index contributed by atoms with van der Waals surface area (Å²) in [5.41, 5.74) is 4.53. The van der Waals surface area contributed by atoms with Gasteiger partial charge in [0, 0.05) is 11.4 Å². The maximum atomic E-state index is 4.45. The van der Waals surface area contributed by atoms with Crippen LogP contribution < -0.4 is 0 Å². The Hall–Kier alpha value is -1.11. The SMILES string of the molecule is C=C(C)c1ccc(C)nc1CC. The highest BCUT2D eigenvalue weighted by Gasteiger charge is 2.01. The molecule has 0 aliphatic carbocycles. The lowest BCUT2D eigenvalue weighted by molar-refractivity contribution is 0.996. The van der Waals surface area contributed by atoms with Gasteiger partial charge in [-0.05, 0) is 37.5 Å². The number of nitrogens with zero attached hydrogens (tertiary/aromatic N) is 1. The Kier molecular flexibility index (Phi) is 2.64. The van der Waals surface area contributed by atoms with Gasteiger partial charge in [-0.2, -0.15) is 0 Å². The van der Waals surface area contributed by atoms with Crippen molar-refractivity contribution in [3.05, 3.63) is 35.7 Å². The molecule has 1 heteroatoms. The van der Waals surface area contributed by atoms with Crippen LogP contribution in [0.25, 0.3) is 5.57 Å². The molecule has 0 aliphatic rings. The van der Waals surface area contributed by atoms with Crippen molar-refractivity contribution in [2.45, 2.75) is 27.2 Å². The first-order valence-corrected chi connectivity index (χ1v) is 4.27. The minimum absolute atomic E-state index is 0.976. The molecule has 1 nitrogen and oxygen atoms in total. The van der Waals surface area contributed by atoms with Crippen molar-refractivity contribution >= 4 is 5.57 Å². The fourth-order valence-corrected chi connectivity index (χ4v) is 1.27. The van der Waals surface area contributed by atoms with Crippen LogP contribution in [0.15, 0.2) is 18.7 Å². The van der Waals surface area contributed by atoms with Crippen LogP contribution in [0.2, 0.25) is 0 Å². The van der Waals surface area contributed by atoms with E-state index in [1.54, 1.807) is 0 Å². The maximum Gasteiger partial charge on any atom is 0.0478 e. The average molecular weight is 161 g/mol. The molecule has 0 atom stereocenters. The molecule has 0 aliphatic heterocycles. The predicted molar refractivity (Wildman–Crippen MR) is 53.1 cm³/mol. The number of hydrogen-bond donors (Lipinski definition) is 0. The molecule has 0 unspecified atom stereocenters. The van der Waals surface area contributed by atoms with Gasteiger partial charge in [0.2, 0.25) is 0 Å². The molecule has 1 rings (SSSR count). The maximum absolute atomic E-state index is 4.45. The number of aryl methyl sites for hydroxylation is 2. The predicted octanol–water partition coefficient (Wildman–Crippen LogP) is 2.99. The van der Waals surface area contributed by atoms with Crippen LogP contribution in [0, 0.1) is 6.92 Å². The lowest BCUT2D eigenvalue weighted by Gasteiger charge is -2.06. The van der Waals surface area contributed by atoms with Gasteiger partial charge in [-0.3, -0.25) is 4.98 Å². The zero-order valence-corrected chi connectivity index (χ0v) is 8.02. The van der Waals surface area contributed by atoms with Gasteiger partial charge in [-0.25, -0.2) is 0 Å². The standard InChI is InChI=1S/C11H15N/c1-5-11-10(8(2)3)7-6-9(4)12-11/h6-7H,2,5H2,1,3-4H3. The molecule has 1 heterocycles. The quantitative estimate of drug-likeness (QED) is 0.649. The minimum atomic E-state index is 0.976. The normalized spacial score (nSPS) is 9.92.